The SMILES string of the molecule is COc1cccc(NC(=O)COc2ccc(C(=O)N[C@H](C)C34CC5CC(CC(C5)C3)C4)cc2)c1. The molecule has 4 bridgehead atoms. The number of rotatable bonds is 8. The predicted octanol–water partition coefficient (Wildman–Crippen LogP) is 5.05. The fraction of sp³-hybridized carbons (Fsp3) is 0.500. The second kappa shape index (κ2) is 9.32. The number of ether oxygens (including phenoxy) is 2. The van der Waals surface area contributed by atoms with Crippen molar-refractivity contribution in [2.45, 2.75) is 51.5 Å². The van der Waals surface area contributed by atoms with Gasteiger partial charge in [0.1, 0.15) is 11.5 Å². The van der Waals surface area contributed by atoms with Crippen molar-refractivity contribution in [3.8, 4) is 11.5 Å². The molecule has 180 valence electrons. The molecule has 0 spiro atoms. The normalized spacial score (nSPS) is 27.6. The summed E-state index contributed by atoms with van der Waals surface area (Å²) in [5.41, 5.74) is 1.54. The minimum Gasteiger partial charge on any atom is -0.497 e. The van der Waals surface area contributed by atoms with Gasteiger partial charge in [-0.1, -0.05) is 6.07 Å². The average Bonchev–Trinajstić information content (AvgIpc) is 2.82. The molecule has 2 aromatic rings. The summed E-state index contributed by atoms with van der Waals surface area (Å²) < 4.78 is 10.8. The number of hydrogen-bond acceptors (Lipinski definition) is 4. The number of carbonyl (C=O) groups excluding carboxylic acids is 2. The second-order valence-corrected chi connectivity index (χ2v) is 10.6. The number of carbonyl (C=O) groups is 2. The van der Waals surface area contributed by atoms with Crippen LogP contribution in [0.5, 0.6) is 11.5 Å². The van der Waals surface area contributed by atoms with E-state index in [2.05, 4.69) is 17.6 Å². The van der Waals surface area contributed by atoms with Crippen LogP contribution in [0.2, 0.25) is 0 Å². The molecule has 0 aliphatic heterocycles. The van der Waals surface area contributed by atoms with E-state index in [-0.39, 0.29) is 29.9 Å². The highest BCUT2D eigenvalue weighted by atomic mass is 16.5. The van der Waals surface area contributed by atoms with Gasteiger partial charge < -0.3 is 20.1 Å². The van der Waals surface area contributed by atoms with Gasteiger partial charge in [0.2, 0.25) is 0 Å². The van der Waals surface area contributed by atoms with E-state index in [4.69, 9.17) is 9.47 Å². The highest BCUT2D eigenvalue weighted by Gasteiger charge is 2.53. The van der Waals surface area contributed by atoms with Crippen molar-refractivity contribution in [1.29, 1.82) is 0 Å². The summed E-state index contributed by atoms with van der Waals surface area (Å²) in [6.45, 7) is 2.08. The van der Waals surface area contributed by atoms with E-state index in [0.29, 0.717) is 22.7 Å². The molecule has 2 aromatic carbocycles. The summed E-state index contributed by atoms with van der Waals surface area (Å²) in [7, 11) is 1.58. The molecule has 0 aromatic heterocycles. The molecule has 2 N–H and O–H groups in total. The first kappa shape index (κ1) is 22.8. The summed E-state index contributed by atoms with van der Waals surface area (Å²) in [6.07, 6.45) is 8.01. The van der Waals surface area contributed by atoms with Gasteiger partial charge in [-0.3, -0.25) is 9.59 Å². The van der Waals surface area contributed by atoms with Gasteiger partial charge in [0.05, 0.1) is 7.11 Å². The Bertz CT molecular complexity index is 1010. The Kier molecular flexibility index (Phi) is 6.24. The zero-order valence-electron chi connectivity index (χ0n) is 20.0. The molecular formula is C28H34N2O4. The first-order valence-corrected chi connectivity index (χ1v) is 12.4. The lowest BCUT2D eigenvalue weighted by Gasteiger charge is -2.59. The van der Waals surface area contributed by atoms with E-state index < -0.39 is 0 Å². The topological polar surface area (TPSA) is 76.7 Å². The molecule has 2 amide bonds. The van der Waals surface area contributed by atoms with Crippen LogP contribution in [0, 0.1) is 23.2 Å². The highest BCUT2D eigenvalue weighted by molar-refractivity contribution is 5.94. The molecule has 1 atom stereocenters. The maximum Gasteiger partial charge on any atom is 0.262 e. The number of benzene rings is 2. The van der Waals surface area contributed by atoms with Crippen LogP contribution >= 0.6 is 0 Å². The van der Waals surface area contributed by atoms with Crippen molar-refractivity contribution in [3.05, 3.63) is 54.1 Å². The van der Waals surface area contributed by atoms with Crippen molar-refractivity contribution in [2.75, 3.05) is 19.0 Å². The Morgan fingerprint density at radius 2 is 1.62 bits per heavy atom. The summed E-state index contributed by atoms with van der Waals surface area (Å²) >= 11 is 0. The van der Waals surface area contributed by atoms with Crippen molar-refractivity contribution >= 4 is 17.5 Å². The molecule has 0 heterocycles. The lowest BCUT2D eigenvalue weighted by molar-refractivity contribution is -0.118. The van der Waals surface area contributed by atoms with E-state index >= 15 is 0 Å². The van der Waals surface area contributed by atoms with Crippen LogP contribution in [-0.2, 0) is 4.79 Å². The third kappa shape index (κ3) is 4.77. The van der Waals surface area contributed by atoms with Gasteiger partial charge >= 0.3 is 0 Å². The fourth-order valence-corrected chi connectivity index (χ4v) is 6.89. The van der Waals surface area contributed by atoms with Gasteiger partial charge in [-0.15, -0.1) is 0 Å². The lowest BCUT2D eigenvalue weighted by atomic mass is 9.48. The third-order valence-corrected chi connectivity index (χ3v) is 8.19. The maximum atomic E-state index is 13.0. The summed E-state index contributed by atoms with van der Waals surface area (Å²) in [6, 6.07) is 14.3. The van der Waals surface area contributed by atoms with E-state index in [9.17, 15) is 9.59 Å². The van der Waals surface area contributed by atoms with Gasteiger partial charge in [0.25, 0.3) is 11.8 Å². The van der Waals surface area contributed by atoms with E-state index in [0.717, 1.165) is 17.8 Å². The van der Waals surface area contributed by atoms with E-state index in [1.807, 2.05) is 12.1 Å². The van der Waals surface area contributed by atoms with Crippen molar-refractivity contribution in [3.63, 3.8) is 0 Å². The Labute approximate surface area is 201 Å². The van der Waals surface area contributed by atoms with Crippen LogP contribution < -0.4 is 20.1 Å². The summed E-state index contributed by atoms with van der Waals surface area (Å²) in [4.78, 5) is 25.2. The molecule has 6 nitrogen and oxygen atoms in total. The molecule has 0 radical (unpaired) electrons. The number of methoxy groups -OCH3 is 1. The van der Waals surface area contributed by atoms with E-state index in [1.54, 1.807) is 43.5 Å². The van der Waals surface area contributed by atoms with Gasteiger partial charge in [-0.25, -0.2) is 0 Å². The standard InChI is InChI=1S/C28H34N2O4/c1-18(28-14-19-10-20(15-28)12-21(11-19)16-28)29-27(32)22-6-8-24(9-7-22)34-17-26(31)30-23-4-3-5-25(13-23)33-2/h3-9,13,18-21H,10-12,14-17H2,1-2H3,(H,29,32)(H,30,31)/t18-,19?,20?,21?,28?/m1/s1. The monoisotopic (exact) mass is 462 g/mol. The minimum absolute atomic E-state index is 0.0365. The Morgan fingerprint density at radius 1 is 0.971 bits per heavy atom. The number of hydrogen-bond donors (Lipinski definition) is 2. The lowest BCUT2D eigenvalue weighted by Crippen LogP contribution is -2.55. The molecule has 0 saturated heterocycles. The molecule has 4 aliphatic rings. The second-order valence-electron chi connectivity index (χ2n) is 10.6. The van der Waals surface area contributed by atoms with Gasteiger partial charge in [-0.2, -0.15) is 0 Å². The van der Waals surface area contributed by atoms with E-state index in [1.165, 1.54) is 38.5 Å². The van der Waals surface area contributed by atoms with Crippen LogP contribution in [0.1, 0.15) is 55.8 Å². The Morgan fingerprint density at radius 3 is 2.24 bits per heavy atom. The summed E-state index contributed by atoms with van der Waals surface area (Å²) in [5, 5.41) is 6.09. The fourth-order valence-electron chi connectivity index (χ4n) is 6.89. The molecular weight excluding hydrogens is 428 g/mol. The van der Waals surface area contributed by atoms with Gasteiger partial charge in [-0.05, 0) is 105 Å². The number of nitrogens with one attached hydrogen (secondary N) is 2. The summed E-state index contributed by atoms with van der Waals surface area (Å²) in [5.74, 6) is 3.51. The Hall–Kier alpha value is -3.02. The molecule has 0 unspecified atom stereocenters. The molecule has 4 saturated carbocycles. The highest BCUT2D eigenvalue weighted by Crippen LogP contribution is 2.61. The van der Waals surface area contributed by atoms with Crippen molar-refractivity contribution < 1.29 is 19.1 Å². The number of amides is 2. The third-order valence-electron chi connectivity index (χ3n) is 8.19. The van der Waals surface area contributed by atoms with Crippen LogP contribution in [0.25, 0.3) is 0 Å². The van der Waals surface area contributed by atoms with Gasteiger partial charge in [0, 0.05) is 23.4 Å². The first-order valence-electron chi connectivity index (χ1n) is 12.4. The van der Waals surface area contributed by atoms with Crippen LogP contribution in [0.3, 0.4) is 0 Å². The predicted molar refractivity (Wildman–Crippen MR) is 131 cm³/mol. The molecule has 34 heavy (non-hydrogen) atoms. The van der Waals surface area contributed by atoms with Gasteiger partial charge in [0.15, 0.2) is 6.61 Å². The zero-order chi connectivity index (χ0) is 23.7. The maximum absolute atomic E-state index is 13.0. The number of anilines is 1. The smallest absolute Gasteiger partial charge is 0.262 e. The zero-order valence-corrected chi connectivity index (χ0v) is 20.0. The molecule has 6 rings (SSSR count). The first-order chi connectivity index (χ1) is 16.4. The molecule has 4 fully saturated rings. The average molecular weight is 463 g/mol. The van der Waals surface area contributed by atoms with Crippen molar-refractivity contribution in [2.24, 2.45) is 23.2 Å². The van der Waals surface area contributed by atoms with Crippen LogP contribution in [0.15, 0.2) is 48.5 Å². The van der Waals surface area contributed by atoms with Crippen molar-refractivity contribution in [1.82, 2.24) is 5.32 Å². The molecule has 6 heteroatoms. The van der Waals surface area contributed by atoms with Crippen LogP contribution in [-0.4, -0.2) is 31.6 Å². The largest absolute Gasteiger partial charge is 0.497 e. The Balaban J connectivity index is 1.13. The molecule has 4 aliphatic carbocycles. The quantitative estimate of drug-likeness (QED) is 0.576. The minimum atomic E-state index is -0.264. The van der Waals surface area contributed by atoms with Crippen LogP contribution in [0.4, 0.5) is 5.69 Å².